The minimum atomic E-state index is -0.0860. The third-order valence-corrected chi connectivity index (χ3v) is 3.16. The first-order valence-corrected chi connectivity index (χ1v) is 6.16. The van der Waals surface area contributed by atoms with Crippen molar-refractivity contribution in [3.63, 3.8) is 0 Å². The first-order chi connectivity index (χ1) is 9.69. The minimum Gasteiger partial charge on any atom is -0.497 e. The summed E-state index contributed by atoms with van der Waals surface area (Å²) in [5, 5.41) is 0.559. The van der Waals surface area contributed by atoms with E-state index in [1.165, 1.54) is 6.07 Å². The Balaban J connectivity index is 2.22. The average molecular weight is 267 g/mol. The first-order valence-electron chi connectivity index (χ1n) is 6.16. The monoisotopic (exact) mass is 267 g/mol. The van der Waals surface area contributed by atoms with E-state index >= 15 is 0 Å². The van der Waals surface area contributed by atoms with Gasteiger partial charge < -0.3 is 14.9 Å². The van der Waals surface area contributed by atoms with E-state index in [0.717, 1.165) is 0 Å². The van der Waals surface area contributed by atoms with Crippen LogP contribution in [-0.4, -0.2) is 7.11 Å². The number of para-hydroxylation sites is 1. The van der Waals surface area contributed by atoms with Crippen molar-refractivity contribution >= 4 is 16.7 Å². The van der Waals surface area contributed by atoms with E-state index in [1.807, 2.05) is 6.07 Å². The topological polar surface area (TPSA) is 65.5 Å². The fourth-order valence-electron chi connectivity index (χ4n) is 2.13. The van der Waals surface area contributed by atoms with Gasteiger partial charge in [-0.2, -0.15) is 0 Å². The molecule has 100 valence electrons. The second-order valence-corrected chi connectivity index (χ2v) is 4.42. The van der Waals surface area contributed by atoms with E-state index in [-0.39, 0.29) is 5.43 Å². The zero-order chi connectivity index (χ0) is 14.1. The molecule has 4 heteroatoms. The smallest absolute Gasteiger partial charge is 0.193 e. The molecule has 0 amide bonds. The van der Waals surface area contributed by atoms with E-state index in [9.17, 15) is 4.79 Å². The van der Waals surface area contributed by atoms with Gasteiger partial charge in [0.2, 0.25) is 0 Å². The Morgan fingerprint density at radius 3 is 2.65 bits per heavy atom. The molecule has 0 aliphatic rings. The molecule has 0 radical (unpaired) electrons. The van der Waals surface area contributed by atoms with Crippen LogP contribution in [-0.2, 0) is 0 Å². The lowest BCUT2D eigenvalue weighted by Gasteiger charge is -2.08. The largest absolute Gasteiger partial charge is 0.497 e. The van der Waals surface area contributed by atoms with Crippen molar-refractivity contribution in [2.24, 2.45) is 0 Å². The molecule has 0 atom stereocenters. The molecule has 0 bridgehead atoms. The lowest BCUT2D eigenvalue weighted by molar-refractivity contribution is 0.415. The lowest BCUT2D eigenvalue weighted by atomic mass is 10.1. The van der Waals surface area contributed by atoms with Crippen molar-refractivity contribution in [2.75, 3.05) is 12.8 Å². The molecule has 2 aromatic carbocycles. The van der Waals surface area contributed by atoms with Gasteiger partial charge in [0.25, 0.3) is 0 Å². The molecule has 0 spiro atoms. The van der Waals surface area contributed by atoms with Crippen LogP contribution in [0.25, 0.3) is 22.3 Å². The molecule has 20 heavy (non-hydrogen) atoms. The maximum atomic E-state index is 12.1. The molecule has 3 rings (SSSR count). The Morgan fingerprint density at radius 2 is 1.90 bits per heavy atom. The Hall–Kier alpha value is -2.75. The van der Waals surface area contributed by atoms with Gasteiger partial charge in [-0.3, -0.25) is 4.79 Å². The van der Waals surface area contributed by atoms with Gasteiger partial charge in [0.1, 0.15) is 17.1 Å². The van der Waals surface area contributed by atoms with Crippen LogP contribution < -0.4 is 15.9 Å². The summed E-state index contributed by atoms with van der Waals surface area (Å²) in [7, 11) is 1.57. The molecule has 1 heterocycles. The Labute approximate surface area is 115 Å². The number of rotatable bonds is 2. The Morgan fingerprint density at radius 1 is 1.10 bits per heavy atom. The van der Waals surface area contributed by atoms with Gasteiger partial charge in [0.15, 0.2) is 5.43 Å². The molecule has 0 saturated heterocycles. The number of nitrogens with two attached hydrogens (primary N) is 1. The third-order valence-electron chi connectivity index (χ3n) is 3.16. The van der Waals surface area contributed by atoms with Crippen LogP contribution in [0.1, 0.15) is 0 Å². The fraction of sp³-hybridized carbons (Fsp3) is 0.0625. The highest BCUT2D eigenvalue weighted by Crippen LogP contribution is 2.30. The zero-order valence-corrected chi connectivity index (χ0v) is 10.9. The van der Waals surface area contributed by atoms with Crippen LogP contribution in [0.2, 0.25) is 0 Å². The van der Waals surface area contributed by atoms with Gasteiger partial charge in [-0.1, -0.05) is 12.1 Å². The predicted molar refractivity (Wildman–Crippen MR) is 78.9 cm³/mol. The van der Waals surface area contributed by atoms with E-state index in [0.29, 0.717) is 33.7 Å². The van der Waals surface area contributed by atoms with Gasteiger partial charge in [-0.25, -0.2) is 0 Å². The van der Waals surface area contributed by atoms with Crippen LogP contribution in [0.15, 0.2) is 57.7 Å². The normalized spacial score (nSPS) is 10.7. The number of fused-ring (bicyclic) bond motifs is 1. The zero-order valence-electron chi connectivity index (χ0n) is 10.9. The SMILES string of the molecule is COc1ccc(-c2cc(=O)c3ccccc3o2)c(N)c1. The van der Waals surface area contributed by atoms with Gasteiger partial charge in [0, 0.05) is 23.4 Å². The summed E-state index contributed by atoms with van der Waals surface area (Å²) in [5.74, 6) is 1.11. The molecule has 0 aliphatic carbocycles. The summed E-state index contributed by atoms with van der Waals surface area (Å²) in [4.78, 5) is 12.1. The summed E-state index contributed by atoms with van der Waals surface area (Å²) in [5.41, 5.74) is 7.62. The lowest BCUT2D eigenvalue weighted by Crippen LogP contribution is -2.01. The molecule has 4 nitrogen and oxygen atoms in total. The van der Waals surface area contributed by atoms with Crippen LogP contribution in [0.3, 0.4) is 0 Å². The molecule has 0 saturated carbocycles. The maximum Gasteiger partial charge on any atom is 0.193 e. The second-order valence-electron chi connectivity index (χ2n) is 4.42. The molecule has 3 aromatic rings. The number of anilines is 1. The molecular formula is C16H13NO3. The van der Waals surface area contributed by atoms with Crippen molar-refractivity contribution in [3.8, 4) is 17.1 Å². The van der Waals surface area contributed by atoms with Crippen LogP contribution in [0.4, 0.5) is 5.69 Å². The van der Waals surface area contributed by atoms with Crippen molar-refractivity contribution in [1.82, 2.24) is 0 Å². The van der Waals surface area contributed by atoms with Crippen molar-refractivity contribution in [1.29, 1.82) is 0 Å². The molecule has 0 fully saturated rings. The number of ether oxygens (including phenoxy) is 1. The number of hydrogen-bond acceptors (Lipinski definition) is 4. The Kier molecular flexibility index (Phi) is 2.91. The van der Waals surface area contributed by atoms with Crippen LogP contribution in [0.5, 0.6) is 5.75 Å². The highest BCUT2D eigenvalue weighted by molar-refractivity contribution is 5.81. The molecule has 0 aliphatic heterocycles. The summed E-state index contributed by atoms with van der Waals surface area (Å²) in [6.07, 6.45) is 0. The van der Waals surface area contributed by atoms with E-state index < -0.39 is 0 Å². The highest BCUT2D eigenvalue weighted by atomic mass is 16.5. The van der Waals surface area contributed by atoms with Crippen molar-refractivity contribution < 1.29 is 9.15 Å². The number of benzene rings is 2. The molecular weight excluding hydrogens is 254 g/mol. The van der Waals surface area contributed by atoms with Gasteiger partial charge in [-0.15, -0.1) is 0 Å². The van der Waals surface area contributed by atoms with Gasteiger partial charge in [0.05, 0.1) is 12.5 Å². The molecule has 2 N–H and O–H groups in total. The number of nitrogen functional groups attached to an aromatic ring is 1. The summed E-state index contributed by atoms with van der Waals surface area (Å²) in [6, 6.07) is 13.8. The van der Waals surface area contributed by atoms with Gasteiger partial charge in [-0.05, 0) is 24.3 Å². The maximum absolute atomic E-state index is 12.1. The summed E-state index contributed by atoms with van der Waals surface area (Å²) >= 11 is 0. The average Bonchev–Trinajstić information content (AvgIpc) is 2.47. The van der Waals surface area contributed by atoms with Crippen molar-refractivity contribution in [3.05, 3.63) is 58.8 Å². The fourth-order valence-corrected chi connectivity index (χ4v) is 2.13. The van der Waals surface area contributed by atoms with E-state index in [4.69, 9.17) is 14.9 Å². The number of hydrogen-bond donors (Lipinski definition) is 1. The summed E-state index contributed by atoms with van der Waals surface area (Å²) in [6.45, 7) is 0. The van der Waals surface area contributed by atoms with E-state index in [1.54, 1.807) is 43.5 Å². The first kappa shape index (κ1) is 12.3. The Bertz CT molecular complexity index is 836. The highest BCUT2D eigenvalue weighted by Gasteiger charge is 2.10. The third kappa shape index (κ3) is 2.01. The van der Waals surface area contributed by atoms with Crippen LogP contribution in [0, 0.1) is 0 Å². The van der Waals surface area contributed by atoms with E-state index in [2.05, 4.69) is 0 Å². The van der Waals surface area contributed by atoms with Gasteiger partial charge >= 0.3 is 0 Å². The quantitative estimate of drug-likeness (QED) is 0.725. The standard InChI is InChI=1S/C16H13NO3/c1-19-10-6-7-11(13(17)8-10)16-9-14(18)12-4-2-3-5-15(12)20-16/h2-9H,17H2,1H3. The number of methoxy groups -OCH3 is 1. The summed E-state index contributed by atoms with van der Waals surface area (Å²) < 4.78 is 10.9. The second kappa shape index (κ2) is 4.74. The predicted octanol–water partition coefficient (Wildman–Crippen LogP) is 3.05. The molecule has 0 unspecified atom stereocenters. The minimum absolute atomic E-state index is 0.0860. The molecule has 1 aromatic heterocycles. The van der Waals surface area contributed by atoms with Crippen molar-refractivity contribution in [2.45, 2.75) is 0 Å². The van der Waals surface area contributed by atoms with Crippen LogP contribution >= 0.6 is 0 Å².